The number of hydrogen-bond donors (Lipinski definition) is 2. The van der Waals surface area contributed by atoms with Crippen LogP contribution in [0.3, 0.4) is 0 Å². The number of carboxylic acid groups (broad SMARTS) is 1. The molecule has 6 nitrogen and oxygen atoms in total. The Morgan fingerprint density at radius 1 is 1.14 bits per heavy atom. The Kier molecular flexibility index (Phi) is 5.27. The van der Waals surface area contributed by atoms with Gasteiger partial charge in [-0.1, -0.05) is 18.2 Å². The number of benzene rings is 2. The summed E-state index contributed by atoms with van der Waals surface area (Å²) in [4.78, 5) is 15.1. The van der Waals surface area contributed by atoms with Crippen molar-refractivity contribution in [2.24, 2.45) is 5.73 Å². The molecule has 2 aromatic heterocycles. The predicted molar refractivity (Wildman–Crippen MR) is 109 cm³/mol. The predicted octanol–water partition coefficient (Wildman–Crippen LogP) is 4.16. The van der Waals surface area contributed by atoms with Crippen molar-refractivity contribution < 1.29 is 19.1 Å². The number of pyridine rings is 1. The Labute approximate surface area is 167 Å². The first-order valence-corrected chi connectivity index (χ1v) is 9.21. The molecule has 0 amide bonds. The highest BCUT2D eigenvalue weighted by atomic mass is 16.5. The summed E-state index contributed by atoms with van der Waals surface area (Å²) in [5.41, 5.74) is 11.1. The fourth-order valence-electron chi connectivity index (χ4n) is 3.32. The Morgan fingerprint density at radius 3 is 2.86 bits per heavy atom. The van der Waals surface area contributed by atoms with E-state index < -0.39 is 5.97 Å². The molecule has 0 unspecified atom stereocenters. The largest absolute Gasteiger partial charge is 0.488 e. The molecule has 4 aromatic rings. The van der Waals surface area contributed by atoms with Gasteiger partial charge in [0, 0.05) is 35.5 Å². The minimum absolute atomic E-state index is 0.138. The first kappa shape index (κ1) is 18.7. The van der Waals surface area contributed by atoms with E-state index in [0.717, 1.165) is 33.2 Å². The third-order valence-corrected chi connectivity index (χ3v) is 4.68. The average molecular weight is 388 g/mol. The lowest BCUT2D eigenvalue weighted by atomic mass is 9.99. The minimum atomic E-state index is -0.926. The van der Waals surface area contributed by atoms with Crippen LogP contribution in [0.1, 0.15) is 16.7 Å². The number of hydrogen-bond acceptors (Lipinski definition) is 5. The first-order valence-electron chi connectivity index (χ1n) is 9.21. The molecule has 0 aliphatic heterocycles. The van der Waals surface area contributed by atoms with Gasteiger partial charge < -0.3 is 20.0 Å². The summed E-state index contributed by atoms with van der Waals surface area (Å²) in [6.07, 6.45) is 4.64. The van der Waals surface area contributed by atoms with Gasteiger partial charge in [0.15, 0.2) is 0 Å². The maximum atomic E-state index is 11.1. The lowest BCUT2D eigenvalue weighted by molar-refractivity contribution is -0.136. The van der Waals surface area contributed by atoms with Crippen molar-refractivity contribution in [1.82, 2.24) is 4.98 Å². The zero-order chi connectivity index (χ0) is 20.2. The summed E-state index contributed by atoms with van der Waals surface area (Å²) in [6, 6.07) is 15.7. The summed E-state index contributed by atoms with van der Waals surface area (Å²) in [6.45, 7) is 0.758. The number of ether oxygens (including phenoxy) is 1. The molecule has 0 saturated heterocycles. The zero-order valence-corrected chi connectivity index (χ0v) is 15.7. The van der Waals surface area contributed by atoms with Crippen molar-refractivity contribution in [3.8, 4) is 16.9 Å². The molecule has 0 aliphatic carbocycles. The van der Waals surface area contributed by atoms with Crippen LogP contribution in [0.2, 0.25) is 0 Å². The summed E-state index contributed by atoms with van der Waals surface area (Å²) < 4.78 is 11.6. The Bertz CT molecular complexity index is 1170. The van der Waals surface area contributed by atoms with E-state index in [2.05, 4.69) is 11.1 Å². The Morgan fingerprint density at radius 2 is 2.03 bits per heavy atom. The van der Waals surface area contributed by atoms with E-state index in [4.69, 9.17) is 20.0 Å². The second-order valence-corrected chi connectivity index (χ2v) is 6.73. The van der Waals surface area contributed by atoms with Gasteiger partial charge in [0.1, 0.15) is 17.9 Å². The maximum absolute atomic E-state index is 11.1. The SMILES string of the molecule is NCc1cccc(-c2cc(COc3ccncc3CC(=O)O)cc3ccoc23)c1. The van der Waals surface area contributed by atoms with Crippen molar-refractivity contribution >= 4 is 16.9 Å². The molecule has 0 spiro atoms. The molecule has 29 heavy (non-hydrogen) atoms. The molecule has 2 heterocycles. The molecule has 6 heteroatoms. The summed E-state index contributed by atoms with van der Waals surface area (Å²) in [5.74, 6) is -0.411. The number of rotatable bonds is 7. The van der Waals surface area contributed by atoms with Crippen molar-refractivity contribution in [3.63, 3.8) is 0 Å². The molecule has 0 saturated carbocycles. The van der Waals surface area contributed by atoms with Crippen molar-refractivity contribution in [3.05, 3.63) is 83.9 Å². The van der Waals surface area contributed by atoms with E-state index in [1.54, 1.807) is 18.5 Å². The molecular weight excluding hydrogens is 368 g/mol. The number of fused-ring (bicyclic) bond motifs is 1. The molecule has 0 fully saturated rings. The molecule has 146 valence electrons. The van der Waals surface area contributed by atoms with E-state index >= 15 is 0 Å². The van der Waals surface area contributed by atoms with Gasteiger partial charge in [-0.15, -0.1) is 0 Å². The second-order valence-electron chi connectivity index (χ2n) is 6.73. The molecule has 2 aromatic carbocycles. The monoisotopic (exact) mass is 388 g/mol. The fraction of sp³-hybridized carbons (Fsp3) is 0.130. The number of carboxylic acids is 1. The highest BCUT2D eigenvalue weighted by Gasteiger charge is 2.12. The van der Waals surface area contributed by atoms with E-state index in [9.17, 15) is 4.79 Å². The van der Waals surface area contributed by atoms with E-state index in [0.29, 0.717) is 24.5 Å². The first-order chi connectivity index (χ1) is 14.1. The molecular formula is C23H20N2O4. The van der Waals surface area contributed by atoms with Crippen molar-refractivity contribution in [2.75, 3.05) is 0 Å². The Balaban J connectivity index is 1.67. The molecule has 0 radical (unpaired) electrons. The quantitative estimate of drug-likeness (QED) is 0.493. The fourth-order valence-corrected chi connectivity index (χ4v) is 3.32. The van der Waals surface area contributed by atoms with Gasteiger partial charge in [-0.05, 0) is 47.0 Å². The van der Waals surface area contributed by atoms with Crippen LogP contribution in [0.15, 0.2) is 71.6 Å². The van der Waals surface area contributed by atoms with E-state index in [1.807, 2.05) is 36.4 Å². The van der Waals surface area contributed by atoms with E-state index in [1.165, 1.54) is 6.20 Å². The molecule has 0 bridgehead atoms. The zero-order valence-electron chi connectivity index (χ0n) is 15.7. The number of carbonyl (C=O) groups is 1. The molecule has 0 aliphatic rings. The normalized spacial score (nSPS) is 10.9. The van der Waals surface area contributed by atoms with Crippen LogP contribution in [-0.4, -0.2) is 16.1 Å². The topological polar surface area (TPSA) is 98.6 Å². The number of aromatic nitrogens is 1. The average Bonchev–Trinajstić information content (AvgIpc) is 3.21. The van der Waals surface area contributed by atoms with Crippen LogP contribution in [0.4, 0.5) is 0 Å². The third kappa shape index (κ3) is 4.12. The highest BCUT2D eigenvalue weighted by Crippen LogP contribution is 2.32. The highest BCUT2D eigenvalue weighted by molar-refractivity contribution is 5.93. The summed E-state index contributed by atoms with van der Waals surface area (Å²) in [7, 11) is 0. The van der Waals surface area contributed by atoms with Gasteiger partial charge in [0.2, 0.25) is 0 Å². The van der Waals surface area contributed by atoms with Gasteiger partial charge >= 0.3 is 5.97 Å². The molecule has 3 N–H and O–H groups in total. The maximum Gasteiger partial charge on any atom is 0.308 e. The smallest absolute Gasteiger partial charge is 0.308 e. The summed E-state index contributed by atoms with van der Waals surface area (Å²) in [5, 5.41) is 10.0. The standard InChI is InChI=1S/C23H20N2O4/c24-12-15-2-1-3-17(8-15)20-10-16(9-18-5-7-28-23(18)20)14-29-21-4-6-25-13-19(21)11-22(26)27/h1-10,13H,11-12,14,24H2,(H,26,27). The molecule has 0 atom stereocenters. The lowest BCUT2D eigenvalue weighted by Gasteiger charge is -2.12. The number of aliphatic carboxylic acids is 1. The van der Waals surface area contributed by atoms with Gasteiger partial charge in [0.25, 0.3) is 0 Å². The number of furan rings is 1. The molecule has 4 rings (SSSR count). The minimum Gasteiger partial charge on any atom is -0.488 e. The lowest BCUT2D eigenvalue weighted by Crippen LogP contribution is -2.04. The van der Waals surface area contributed by atoms with Gasteiger partial charge in [0.05, 0.1) is 12.7 Å². The summed E-state index contributed by atoms with van der Waals surface area (Å²) >= 11 is 0. The van der Waals surface area contributed by atoms with Crippen LogP contribution in [0.5, 0.6) is 5.75 Å². The van der Waals surface area contributed by atoms with Gasteiger partial charge in [-0.25, -0.2) is 0 Å². The van der Waals surface area contributed by atoms with Crippen molar-refractivity contribution in [2.45, 2.75) is 19.6 Å². The number of nitrogens with two attached hydrogens (primary N) is 1. The van der Waals surface area contributed by atoms with Crippen LogP contribution >= 0.6 is 0 Å². The van der Waals surface area contributed by atoms with Crippen LogP contribution in [0.25, 0.3) is 22.1 Å². The van der Waals surface area contributed by atoms with Gasteiger partial charge in [-0.2, -0.15) is 0 Å². The number of nitrogens with zero attached hydrogens (tertiary/aromatic N) is 1. The van der Waals surface area contributed by atoms with E-state index in [-0.39, 0.29) is 6.42 Å². The van der Waals surface area contributed by atoms with Crippen LogP contribution in [-0.2, 0) is 24.4 Å². The van der Waals surface area contributed by atoms with Crippen LogP contribution < -0.4 is 10.5 Å². The second kappa shape index (κ2) is 8.16. The Hall–Kier alpha value is -3.64. The van der Waals surface area contributed by atoms with Crippen LogP contribution in [0, 0.1) is 0 Å². The van der Waals surface area contributed by atoms with Gasteiger partial charge in [-0.3, -0.25) is 9.78 Å². The third-order valence-electron chi connectivity index (χ3n) is 4.68. The van der Waals surface area contributed by atoms with Crippen molar-refractivity contribution in [1.29, 1.82) is 0 Å².